The van der Waals surface area contributed by atoms with Crippen molar-refractivity contribution in [3.05, 3.63) is 46.2 Å². The number of carbonyl (C=O) groups excluding carboxylic acids is 1. The van der Waals surface area contributed by atoms with Gasteiger partial charge in [0, 0.05) is 3.57 Å². The Morgan fingerprint density at radius 2 is 2.09 bits per heavy atom. The molecule has 0 aliphatic heterocycles. The molecule has 1 aromatic carbocycles. The van der Waals surface area contributed by atoms with Gasteiger partial charge in [-0.15, -0.1) is 10.2 Å². The third kappa shape index (κ3) is 3.69. The van der Waals surface area contributed by atoms with Crippen LogP contribution < -0.4 is 5.32 Å². The Balaban J connectivity index is 1.56. The number of amides is 1. The van der Waals surface area contributed by atoms with Gasteiger partial charge in [-0.05, 0) is 46.9 Å². The van der Waals surface area contributed by atoms with Gasteiger partial charge in [0.05, 0.1) is 17.7 Å². The number of rotatable bonds is 5. The zero-order valence-corrected chi connectivity index (χ0v) is 14.1. The number of nitrogens with one attached hydrogen (secondary N) is 1. The third-order valence-electron chi connectivity index (χ3n) is 2.61. The zero-order valence-electron chi connectivity index (χ0n) is 11.2. The molecule has 0 saturated carbocycles. The fourth-order valence-corrected chi connectivity index (χ4v) is 2.73. The van der Waals surface area contributed by atoms with Gasteiger partial charge in [-0.1, -0.05) is 23.9 Å². The maximum atomic E-state index is 11.9. The van der Waals surface area contributed by atoms with E-state index in [4.69, 9.17) is 8.83 Å². The normalized spacial score (nSPS) is 10.6. The van der Waals surface area contributed by atoms with Crippen LogP contribution in [-0.4, -0.2) is 21.9 Å². The van der Waals surface area contributed by atoms with Crippen molar-refractivity contribution >= 4 is 45.9 Å². The number of benzene rings is 1. The summed E-state index contributed by atoms with van der Waals surface area (Å²) in [6.07, 6.45) is 1.53. The Labute approximate surface area is 143 Å². The summed E-state index contributed by atoms with van der Waals surface area (Å²) in [6.45, 7) is 0. The topological polar surface area (TPSA) is 81.2 Å². The number of furan rings is 1. The summed E-state index contributed by atoms with van der Waals surface area (Å²) in [4.78, 5) is 11.9. The molecule has 3 rings (SSSR count). The smallest absolute Gasteiger partial charge is 0.284 e. The molecule has 0 spiro atoms. The van der Waals surface area contributed by atoms with Gasteiger partial charge in [-0.3, -0.25) is 4.79 Å². The Bertz CT molecular complexity index is 773. The number of aromatic nitrogens is 2. The highest BCUT2D eigenvalue weighted by Gasteiger charge is 2.13. The second-order valence-electron chi connectivity index (χ2n) is 4.17. The summed E-state index contributed by atoms with van der Waals surface area (Å²) in [5.41, 5.74) is 0.788. The lowest BCUT2D eigenvalue weighted by atomic mass is 10.3. The summed E-state index contributed by atoms with van der Waals surface area (Å²) >= 11 is 3.35. The number of hydrogen-bond acceptors (Lipinski definition) is 6. The van der Waals surface area contributed by atoms with Crippen molar-refractivity contribution in [2.75, 3.05) is 11.1 Å². The van der Waals surface area contributed by atoms with Crippen molar-refractivity contribution in [3.63, 3.8) is 0 Å². The molecule has 2 heterocycles. The molecule has 0 aliphatic rings. The van der Waals surface area contributed by atoms with Crippen LogP contribution in [0.5, 0.6) is 0 Å². The SMILES string of the molecule is O=C(CSc1nnc(-c2ccco2)o1)Nc1ccccc1I. The molecule has 6 nitrogen and oxygen atoms in total. The molecule has 3 aromatic rings. The van der Waals surface area contributed by atoms with Gasteiger partial charge in [0.1, 0.15) is 0 Å². The van der Waals surface area contributed by atoms with E-state index in [0.717, 1.165) is 9.26 Å². The second-order valence-corrected chi connectivity index (χ2v) is 6.26. The van der Waals surface area contributed by atoms with E-state index in [1.54, 1.807) is 12.1 Å². The van der Waals surface area contributed by atoms with Crippen LogP contribution in [-0.2, 0) is 4.79 Å². The number of anilines is 1. The monoisotopic (exact) mass is 427 g/mol. The van der Waals surface area contributed by atoms with E-state index in [1.807, 2.05) is 24.3 Å². The predicted octanol–water partition coefficient (Wildman–Crippen LogP) is 3.67. The van der Waals surface area contributed by atoms with Crippen molar-refractivity contribution in [2.45, 2.75) is 5.22 Å². The summed E-state index contributed by atoms with van der Waals surface area (Å²) in [5.74, 6) is 0.852. The second kappa shape index (κ2) is 6.97. The maximum absolute atomic E-state index is 11.9. The summed E-state index contributed by atoms with van der Waals surface area (Å²) < 4.78 is 11.6. The molecule has 0 saturated heterocycles. The Morgan fingerprint density at radius 1 is 1.23 bits per heavy atom. The summed E-state index contributed by atoms with van der Waals surface area (Å²) in [7, 11) is 0. The van der Waals surface area contributed by atoms with E-state index in [0.29, 0.717) is 16.9 Å². The van der Waals surface area contributed by atoms with E-state index in [2.05, 4.69) is 38.1 Å². The summed E-state index contributed by atoms with van der Waals surface area (Å²) in [6, 6.07) is 11.0. The highest BCUT2D eigenvalue weighted by atomic mass is 127. The molecule has 1 N–H and O–H groups in total. The first-order chi connectivity index (χ1) is 10.7. The number of nitrogens with zero attached hydrogens (tertiary/aromatic N) is 2. The minimum absolute atomic E-state index is 0.133. The number of para-hydroxylation sites is 1. The summed E-state index contributed by atoms with van der Waals surface area (Å²) in [5, 5.41) is 10.9. The molecule has 8 heteroatoms. The van der Waals surface area contributed by atoms with Crippen LogP contribution in [0.1, 0.15) is 0 Å². The number of hydrogen-bond donors (Lipinski definition) is 1. The molecule has 0 bridgehead atoms. The van der Waals surface area contributed by atoms with Crippen LogP contribution in [0.2, 0.25) is 0 Å². The van der Waals surface area contributed by atoms with Crippen molar-refractivity contribution in [3.8, 4) is 11.7 Å². The zero-order chi connectivity index (χ0) is 15.4. The lowest BCUT2D eigenvalue weighted by Gasteiger charge is -2.05. The van der Waals surface area contributed by atoms with Crippen LogP contribution in [0.25, 0.3) is 11.7 Å². The standard InChI is InChI=1S/C14H10IN3O3S/c15-9-4-1-2-5-10(9)16-12(19)8-22-14-18-17-13(21-14)11-6-3-7-20-11/h1-7H,8H2,(H,16,19). The average Bonchev–Trinajstić information content (AvgIpc) is 3.18. The van der Waals surface area contributed by atoms with Crippen molar-refractivity contribution in [1.82, 2.24) is 10.2 Å². The Hall–Kier alpha value is -1.81. The van der Waals surface area contributed by atoms with Gasteiger partial charge in [0.15, 0.2) is 5.76 Å². The molecular formula is C14H10IN3O3S. The molecule has 0 aliphatic carbocycles. The van der Waals surface area contributed by atoms with Gasteiger partial charge in [-0.25, -0.2) is 0 Å². The Morgan fingerprint density at radius 3 is 2.86 bits per heavy atom. The third-order valence-corrected chi connectivity index (χ3v) is 4.37. The lowest BCUT2D eigenvalue weighted by molar-refractivity contribution is -0.113. The van der Waals surface area contributed by atoms with Gasteiger partial charge in [0.2, 0.25) is 5.91 Å². The minimum atomic E-state index is -0.133. The van der Waals surface area contributed by atoms with Gasteiger partial charge in [-0.2, -0.15) is 0 Å². The fourth-order valence-electron chi connectivity index (χ4n) is 1.64. The average molecular weight is 427 g/mol. The molecule has 112 valence electrons. The molecule has 0 atom stereocenters. The first-order valence-corrected chi connectivity index (χ1v) is 8.33. The van der Waals surface area contributed by atoms with Crippen LogP contribution >= 0.6 is 34.4 Å². The van der Waals surface area contributed by atoms with Gasteiger partial charge in [0.25, 0.3) is 11.1 Å². The van der Waals surface area contributed by atoms with Crippen LogP contribution in [0.3, 0.4) is 0 Å². The molecule has 0 unspecified atom stereocenters. The number of halogens is 1. The molecule has 0 radical (unpaired) electrons. The highest BCUT2D eigenvalue weighted by Crippen LogP contribution is 2.24. The largest absolute Gasteiger partial charge is 0.459 e. The van der Waals surface area contributed by atoms with Crippen molar-refractivity contribution in [1.29, 1.82) is 0 Å². The highest BCUT2D eigenvalue weighted by molar-refractivity contribution is 14.1. The number of carbonyl (C=O) groups is 1. The molecule has 22 heavy (non-hydrogen) atoms. The molecule has 0 fully saturated rings. The molecular weight excluding hydrogens is 417 g/mol. The van der Waals surface area contributed by atoms with Crippen LogP contribution in [0, 0.1) is 3.57 Å². The van der Waals surface area contributed by atoms with E-state index < -0.39 is 0 Å². The van der Waals surface area contributed by atoms with Crippen molar-refractivity contribution in [2.24, 2.45) is 0 Å². The number of thioether (sulfide) groups is 1. The van der Waals surface area contributed by atoms with E-state index in [9.17, 15) is 4.79 Å². The van der Waals surface area contributed by atoms with Crippen LogP contribution in [0.4, 0.5) is 5.69 Å². The van der Waals surface area contributed by atoms with Gasteiger partial charge >= 0.3 is 0 Å². The molecule has 1 amide bonds. The van der Waals surface area contributed by atoms with E-state index in [-0.39, 0.29) is 11.7 Å². The van der Waals surface area contributed by atoms with Crippen LogP contribution in [0.15, 0.2) is 56.7 Å². The fraction of sp³-hybridized carbons (Fsp3) is 0.0714. The first-order valence-electron chi connectivity index (χ1n) is 6.27. The van der Waals surface area contributed by atoms with E-state index in [1.165, 1.54) is 18.0 Å². The molecule has 2 aromatic heterocycles. The van der Waals surface area contributed by atoms with Crippen molar-refractivity contribution < 1.29 is 13.6 Å². The van der Waals surface area contributed by atoms with E-state index >= 15 is 0 Å². The van der Waals surface area contributed by atoms with Gasteiger partial charge < -0.3 is 14.2 Å². The Kier molecular flexibility index (Phi) is 4.78. The minimum Gasteiger partial charge on any atom is -0.459 e. The first kappa shape index (κ1) is 15.1. The quantitative estimate of drug-likeness (QED) is 0.495. The maximum Gasteiger partial charge on any atom is 0.284 e. The lowest BCUT2D eigenvalue weighted by Crippen LogP contribution is -2.14. The predicted molar refractivity (Wildman–Crippen MR) is 90.5 cm³/mol.